The Morgan fingerprint density at radius 2 is 1.18 bits per heavy atom. The topological polar surface area (TPSA) is 103 Å². The fourth-order valence-electron chi connectivity index (χ4n) is 4.64. The molecule has 9 heteroatoms. The van der Waals surface area contributed by atoms with E-state index in [-0.39, 0.29) is 47.0 Å². The molecule has 2 fully saturated rings. The lowest BCUT2D eigenvalue weighted by Gasteiger charge is -2.44. The minimum atomic E-state index is -0.692. The highest BCUT2D eigenvalue weighted by Crippen LogP contribution is 2.34. The third-order valence-corrected chi connectivity index (χ3v) is 7.77. The van der Waals surface area contributed by atoms with Crippen LogP contribution in [0, 0.1) is 23.7 Å². The van der Waals surface area contributed by atoms with Crippen molar-refractivity contribution in [3.8, 4) is 0 Å². The molecule has 4 unspecified atom stereocenters. The molecule has 192 valence electrons. The molecule has 0 aromatic rings. The first-order valence-corrected chi connectivity index (χ1v) is 12.9. The van der Waals surface area contributed by atoms with E-state index in [1.807, 2.05) is 13.8 Å². The summed E-state index contributed by atoms with van der Waals surface area (Å²) in [5, 5.41) is 5.69. The molecular formula is C24H43BrN2O6. The van der Waals surface area contributed by atoms with Gasteiger partial charge in [-0.3, -0.25) is 14.4 Å². The zero-order valence-corrected chi connectivity index (χ0v) is 23.1. The summed E-state index contributed by atoms with van der Waals surface area (Å²) in [6.45, 7) is 17.0. The summed E-state index contributed by atoms with van der Waals surface area (Å²) in [5.74, 6) is 0.858. The summed E-state index contributed by atoms with van der Waals surface area (Å²) < 4.78 is 16.8. The van der Waals surface area contributed by atoms with Crippen LogP contribution in [-0.2, 0) is 28.6 Å². The third-order valence-electron chi connectivity index (χ3n) is 6.98. The minimum Gasteiger partial charge on any atom is -0.434 e. The number of carbonyl (C=O) groups is 3. The Morgan fingerprint density at radius 1 is 0.758 bits per heavy atom. The molecule has 2 heterocycles. The van der Waals surface area contributed by atoms with Gasteiger partial charge in [-0.25, -0.2) is 0 Å². The average Bonchev–Trinajstić information content (AvgIpc) is 2.73. The first-order chi connectivity index (χ1) is 15.3. The quantitative estimate of drug-likeness (QED) is 0.411. The summed E-state index contributed by atoms with van der Waals surface area (Å²) in [5.41, 5.74) is 0. The molecule has 10 atom stereocenters. The molecule has 8 nitrogen and oxygen atoms in total. The van der Waals surface area contributed by atoms with Gasteiger partial charge in [-0.05, 0) is 36.5 Å². The normalized spacial score (nSPS) is 38.4. The molecule has 2 aliphatic heterocycles. The molecule has 0 saturated carbocycles. The van der Waals surface area contributed by atoms with Gasteiger partial charge in [0.05, 0.1) is 24.3 Å². The van der Waals surface area contributed by atoms with Gasteiger partial charge in [0.25, 0.3) is 0 Å². The standard InChI is InChI=1S/C13H23NO4.C11H20BrNO2/c1-6-11-7(2)8(3)12(14-9(4)15)13(18-11)17-10(5)16;1-5-9-6(2)7(3)10(11(12)15-9)13-8(4)14/h7-8,11-13H,6H2,1-5H3,(H,14,15);6-7,9-11H,5H2,1-4H3,(H,13,14)/t7-,8-,11?,12?,13+;6-,7-,9?,10?,11-/m00/s1. The van der Waals surface area contributed by atoms with Crippen molar-refractivity contribution in [2.75, 3.05) is 0 Å². The second kappa shape index (κ2) is 13.6. The zero-order chi connectivity index (χ0) is 25.5. The van der Waals surface area contributed by atoms with Gasteiger partial charge in [0, 0.05) is 20.8 Å². The molecule has 0 bridgehead atoms. The van der Waals surface area contributed by atoms with Crippen LogP contribution in [0.2, 0.25) is 0 Å². The summed E-state index contributed by atoms with van der Waals surface area (Å²) >= 11 is 3.50. The van der Waals surface area contributed by atoms with Gasteiger partial charge in [-0.2, -0.15) is 0 Å². The Balaban J connectivity index is 0.000000335. The lowest BCUT2D eigenvalue weighted by Crippen LogP contribution is -2.57. The zero-order valence-electron chi connectivity index (χ0n) is 21.5. The molecule has 2 rings (SSSR count). The van der Waals surface area contributed by atoms with Gasteiger partial charge < -0.3 is 24.8 Å². The fourth-order valence-corrected chi connectivity index (χ4v) is 5.53. The van der Waals surface area contributed by atoms with E-state index in [2.05, 4.69) is 54.3 Å². The van der Waals surface area contributed by atoms with Crippen molar-refractivity contribution in [2.24, 2.45) is 23.7 Å². The van der Waals surface area contributed by atoms with Gasteiger partial charge in [0.2, 0.25) is 18.1 Å². The van der Waals surface area contributed by atoms with E-state index in [0.29, 0.717) is 17.8 Å². The van der Waals surface area contributed by atoms with Gasteiger partial charge in [-0.15, -0.1) is 0 Å². The van der Waals surface area contributed by atoms with Crippen molar-refractivity contribution in [3.63, 3.8) is 0 Å². The Morgan fingerprint density at radius 3 is 1.61 bits per heavy atom. The molecule has 0 spiro atoms. The molecule has 2 saturated heterocycles. The second-order valence-electron chi connectivity index (χ2n) is 9.38. The number of ether oxygens (including phenoxy) is 3. The first kappa shape index (κ1) is 29.8. The van der Waals surface area contributed by atoms with Crippen molar-refractivity contribution in [3.05, 3.63) is 0 Å². The van der Waals surface area contributed by atoms with Gasteiger partial charge >= 0.3 is 5.97 Å². The van der Waals surface area contributed by atoms with E-state index in [1.54, 1.807) is 6.92 Å². The van der Waals surface area contributed by atoms with Crippen LogP contribution in [0.15, 0.2) is 0 Å². The predicted octanol–water partition coefficient (Wildman–Crippen LogP) is 3.75. The largest absolute Gasteiger partial charge is 0.434 e. The third kappa shape index (κ3) is 8.51. The van der Waals surface area contributed by atoms with Crippen molar-refractivity contribution in [1.82, 2.24) is 10.6 Å². The Labute approximate surface area is 207 Å². The smallest absolute Gasteiger partial charge is 0.305 e. The van der Waals surface area contributed by atoms with Crippen LogP contribution in [-0.4, -0.2) is 53.4 Å². The van der Waals surface area contributed by atoms with E-state index in [4.69, 9.17) is 14.2 Å². The van der Waals surface area contributed by atoms with E-state index in [9.17, 15) is 14.4 Å². The number of alkyl halides is 1. The minimum absolute atomic E-state index is 0.00190. The van der Waals surface area contributed by atoms with Gasteiger partial charge in [0.15, 0.2) is 0 Å². The number of halogens is 1. The SMILES string of the molecule is CCC1O[C@@H](OC(C)=O)C(NC(C)=O)[C@@H](C)[C@@H]1C.CCC1O[C@H](Br)C(NC(C)=O)[C@@H](C)[C@@H]1C. The summed E-state index contributed by atoms with van der Waals surface area (Å²) in [6, 6.07) is -0.218. The van der Waals surface area contributed by atoms with Crippen LogP contribution < -0.4 is 10.6 Å². The number of esters is 1. The number of carbonyl (C=O) groups excluding carboxylic acids is 3. The number of nitrogens with one attached hydrogen (secondary N) is 2. The molecule has 2 N–H and O–H groups in total. The summed E-state index contributed by atoms with van der Waals surface area (Å²) in [6.07, 6.45) is 1.52. The Kier molecular flexibility index (Phi) is 12.3. The number of hydrogen-bond donors (Lipinski definition) is 2. The van der Waals surface area contributed by atoms with Gasteiger partial charge in [-0.1, -0.05) is 57.5 Å². The molecule has 33 heavy (non-hydrogen) atoms. The van der Waals surface area contributed by atoms with Crippen LogP contribution >= 0.6 is 15.9 Å². The number of rotatable bonds is 5. The maximum absolute atomic E-state index is 11.2. The highest BCUT2D eigenvalue weighted by atomic mass is 79.9. The average molecular weight is 536 g/mol. The van der Waals surface area contributed by atoms with Crippen molar-refractivity contribution in [1.29, 1.82) is 0 Å². The van der Waals surface area contributed by atoms with Crippen LogP contribution in [0.3, 0.4) is 0 Å². The Bertz CT molecular complexity index is 663. The fraction of sp³-hybridized carbons (Fsp3) is 0.875. The van der Waals surface area contributed by atoms with E-state index < -0.39 is 12.3 Å². The second-order valence-corrected chi connectivity index (χ2v) is 10.3. The van der Waals surface area contributed by atoms with Gasteiger partial charge in [0.1, 0.15) is 5.01 Å². The monoisotopic (exact) mass is 534 g/mol. The lowest BCUT2D eigenvalue weighted by atomic mass is 9.81. The maximum atomic E-state index is 11.2. The van der Waals surface area contributed by atoms with Crippen LogP contribution in [0.1, 0.15) is 75.2 Å². The van der Waals surface area contributed by atoms with E-state index in [0.717, 1.165) is 12.8 Å². The number of amides is 2. The Hall–Kier alpha value is -1.19. The summed E-state index contributed by atoms with van der Waals surface area (Å²) in [7, 11) is 0. The van der Waals surface area contributed by atoms with Crippen LogP contribution in [0.4, 0.5) is 0 Å². The van der Waals surface area contributed by atoms with Crippen molar-refractivity contribution >= 4 is 33.7 Å². The molecule has 0 radical (unpaired) electrons. The highest BCUT2D eigenvalue weighted by Gasteiger charge is 2.43. The molecule has 2 aliphatic rings. The lowest BCUT2D eigenvalue weighted by molar-refractivity contribution is -0.231. The van der Waals surface area contributed by atoms with Crippen LogP contribution in [0.5, 0.6) is 0 Å². The predicted molar refractivity (Wildman–Crippen MR) is 130 cm³/mol. The van der Waals surface area contributed by atoms with Crippen molar-refractivity contribution < 1.29 is 28.6 Å². The van der Waals surface area contributed by atoms with Crippen LogP contribution in [0.25, 0.3) is 0 Å². The van der Waals surface area contributed by atoms with Crippen molar-refractivity contribution in [2.45, 2.75) is 111 Å². The number of hydrogen-bond acceptors (Lipinski definition) is 6. The highest BCUT2D eigenvalue weighted by molar-refractivity contribution is 9.09. The molecule has 2 amide bonds. The summed E-state index contributed by atoms with van der Waals surface area (Å²) in [4.78, 5) is 33.4. The van der Waals surface area contributed by atoms with E-state index in [1.165, 1.54) is 13.8 Å². The van der Waals surface area contributed by atoms with E-state index >= 15 is 0 Å². The maximum Gasteiger partial charge on any atom is 0.305 e. The molecule has 0 aromatic carbocycles. The molecule has 0 aromatic heterocycles. The molecular weight excluding hydrogens is 492 g/mol. The molecule has 0 aliphatic carbocycles. The first-order valence-electron chi connectivity index (χ1n) is 12.0.